The summed E-state index contributed by atoms with van der Waals surface area (Å²) < 4.78 is 2.22. The number of benzene rings is 1. The smallest absolute Gasteiger partial charge is 0.0945 e. The molecule has 2 unspecified atom stereocenters. The van der Waals surface area contributed by atoms with Crippen LogP contribution >= 0.6 is 58.3 Å². The second kappa shape index (κ2) is 8.79. The van der Waals surface area contributed by atoms with Gasteiger partial charge in [-0.2, -0.15) is 0 Å². The molecule has 2 atom stereocenters. The minimum atomic E-state index is 0.0737. The van der Waals surface area contributed by atoms with Crippen LogP contribution in [0.1, 0.15) is 31.7 Å². The van der Waals surface area contributed by atoms with Gasteiger partial charge in [0, 0.05) is 39.3 Å². The molecule has 2 aromatic rings. The lowest BCUT2D eigenvalue weighted by molar-refractivity contribution is 0.586. The van der Waals surface area contributed by atoms with Crippen molar-refractivity contribution in [3.05, 3.63) is 51.5 Å². The molecule has 2 nitrogen and oxygen atoms in total. The third-order valence-electron chi connectivity index (χ3n) is 4.50. The van der Waals surface area contributed by atoms with Crippen LogP contribution < -0.4 is 0 Å². The maximum absolute atomic E-state index is 6.48. The van der Waals surface area contributed by atoms with E-state index in [1.165, 1.54) is 18.6 Å². The summed E-state index contributed by atoms with van der Waals surface area (Å²) in [6, 6.07) is 3.59. The molecule has 0 saturated carbocycles. The molecule has 1 fully saturated rings. The van der Waals surface area contributed by atoms with E-state index in [0.717, 1.165) is 24.9 Å². The maximum atomic E-state index is 6.48. The quantitative estimate of drug-likeness (QED) is 0.495. The van der Waals surface area contributed by atoms with Gasteiger partial charge in [0.25, 0.3) is 0 Å². The van der Waals surface area contributed by atoms with Crippen molar-refractivity contribution in [1.29, 1.82) is 0 Å². The van der Waals surface area contributed by atoms with Crippen LogP contribution in [-0.2, 0) is 13.0 Å². The lowest BCUT2D eigenvalue weighted by atomic mass is 10.1. The molecule has 7 heteroatoms. The third-order valence-corrected chi connectivity index (χ3v) is 9.03. The summed E-state index contributed by atoms with van der Waals surface area (Å²) in [6.07, 6.45) is 10.1. The molecule has 2 heterocycles. The van der Waals surface area contributed by atoms with Gasteiger partial charge in [-0.05, 0) is 49.1 Å². The first-order valence-corrected chi connectivity index (χ1v) is 11.4. The summed E-state index contributed by atoms with van der Waals surface area (Å²) in [6.45, 7) is 3.22. The molecule has 1 saturated heterocycles. The van der Waals surface area contributed by atoms with Gasteiger partial charge in [0.2, 0.25) is 0 Å². The van der Waals surface area contributed by atoms with Crippen LogP contribution in [0.4, 0.5) is 0 Å². The average molecular weight is 436 g/mol. The molecule has 0 radical (unpaired) electrons. The molecule has 136 valence electrons. The molecule has 0 N–H and O–H groups in total. The monoisotopic (exact) mass is 434 g/mol. The second-order valence-corrected chi connectivity index (χ2v) is 10.9. The molecule has 0 aliphatic carbocycles. The van der Waals surface area contributed by atoms with Crippen LogP contribution in [0.5, 0.6) is 0 Å². The Balaban J connectivity index is 1.85. The van der Waals surface area contributed by atoms with Crippen molar-refractivity contribution in [2.24, 2.45) is 0 Å². The van der Waals surface area contributed by atoms with Crippen molar-refractivity contribution in [2.75, 3.05) is 5.75 Å². The predicted octanol–water partition coefficient (Wildman–Crippen LogP) is 6.82. The van der Waals surface area contributed by atoms with Crippen molar-refractivity contribution in [1.82, 2.24) is 9.55 Å². The van der Waals surface area contributed by atoms with Gasteiger partial charge in [-0.15, -0.1) is 23.5 Å². The summed E-state index contributed by atoms with van der Waals surface area (Å²) >= 11 is 23.2. The van der Waals surface area contributed by atoms with E-state index in [4.69, 9.17) is 34.8 Å². The largest absolute Gasteiger partial charge is 0.337 e. The molecule has 1 aromatic carbocycles. The van der Waals surface area contributed by atoms with Gasteiger partial charge in [0.1, 0.15) is 0 Å². The van der Waals surface area contributed by atoms with Gasteiger partial charge in [0.05, 0.1) is 10.4 Å². The minimum absolute atomic E-state index is 0.0737. The lowest BCUT2D eigenvalue weighted by Gasteiger charge is -2.40. The van der Waals surface area contributed by atoms with Crippen molar-refractivity contribution >= 4 is 58.3 Å². The topological polar surface area (TPSA) is 17.8 Å². The molecule has 1 aromatic heterocycles. The van der Waals surface area contributed by atoms with Gasteiger partial charge in [-0.1, -0.05) is 41.7 Å². The van der Waals surface area contributed by atoms with Gasteiger partial charge in [-0.25, -0.2) is 4.98 Å². The zero-order valence-corrected chi connectivity index (χ0v) is 18.0. The fourth-order valence-electron chi connectivity index (χ4n) is 3.10. The van der Waals surface area contributed by atoms with E-state index in [1.807, 2.05) is 30.5 Å². The summed E-state index contributed by atoms with van der Waals surface area (Å²) in [5, 5.41) is 2.61. The Morgan fingerprint density at radius 3 is 2.68 bits per heavy atom. The molecular formula is C18H21Cl3N2S2. The van der Waals surface area contributed by atoms with E-state index in [1.54, 1.807) is 12.1 Å². The second-order valence-electron chi connectivity index (χ2n) is 6.27. The number of rotatable bonds is 6. The summed E-state index contributed by atoms with van der Waals surface area (Å²) in [4.78, 5) is 4.15. The molecule has 1 aliphatic heterocycles. The minimum Gasteiger partial charge on any atom is -0.337 e. The zero-order chi connectivity index (χ0) is 17.9. The molecular weight excluding hydrogens is 415 g/mol. The number of nitrogens with zero attached hydrogens (tertiary/aromatic N) is 2. The van der Waals surface area contributed by atoms with Crippen molar-refractivity contribution < 1.29 is 0 Å². The summed E-state index contributed by atoms with van der Waals surface area (Å²) in [7, 11) is 0. The molecule has 3 rings (SSSR count). The first-order valence-electron chi connectivity index (χ1n) is 8.42. The highest BCUT2D eigenvalue weighted by Gasteiger charge is 2.38. The Kier molecular flexibility index (Phi) is 6.95. The third kappa shape index (κ3) is 5.04. The standard InChI is InChI=1S/C18H21Cl3N2S2/c1-2-14-3-8-24-18(25-14,4-6-23-7-5-22-12-23)11-15-16(20)9-13(19)10-17(15)21/h5,7,9-10,12,14H,2-4,6,8,11H2,1H3. The normalized spacial score (nSPS) is 23.8. The fourth-order valence-corrected chi connectivity index (χ4v) is 7.83. The first kappa shape index (κ1) is 19.8. The predicted molar refractivity (Wildman–Crippen MR) is 113 cm³/mol. The van der Waals surface area contributed by atoms with E-state index in [9.17, 15) is 0 Å². The van der Waals surface area contributed by atoms with Crippen LogP contribution in [0.15, 0.2) is 30.9 Å². The van der Waals surface area contributed by atoms with Crippen molar-refractivity contribution in [2.45, 2.75) is 48.5 Å². The summed E-state index contributed by atoms with van der Waals surface area (Å²) in [5.74, 6) is 1.18. The Labute approximate surface area is 173 Å². The van der Waals surface area contributed by atoms with Gasteiger partial charge in [0.15, 0.2) is 0 Å². The van der Waals surface area contributed by atoms with Crippen LogP contribution in [0.2, 0.25) is 15.1 Å². The average Bonchev–Trinajstić information content (AvgIpc) is 3.10. The summed E-state index contributed by atoms with van der Waals surface area (Å²) in [5.41, 5.74) is 1.01. The molecule has 0 bridgehead atoms. The van der Waals surface area contributed by atoms with E-state index >= 15 is 0 Å². The SMILES string of the molecule is CCC1CCSC(CCn2ccnc2)(Cc2c(Cl)cc(Cl)cc2Cl)S1. The maximum Gasteiger partial charge on any atom is 0.0945 e. The lowest BCUT2D eigenvalue weighted by Crippen LogP contribution is -2.33. The van der Waals surface area contributed by atoms with Crippen LogP contribution in [0, 0.1) is 0 Å². The van der Waals surface area contributed by atoms with Crippen molar-refractivity contribution in [3.63, 3.8) is 0 Å². The Morgan fingerprint density at radius 2 is 2.04 bits per heavy atom. The van der Waals surface area contributed by atoms with Crippen LogP contribution in [0.3, 0.4) is 0 Å². The number of hydrogen-bond acceptors (Lipinski definition) is 3. The van der Waals surface area contributed by atoms with Crippen molar-refractivity contribution in [3.8, 4) is 0 Å². The molecule has 0 spiro atoms. The number of hydrogen-bond donors (Lipinski definition) is 0. The first-order chi connectivity index (χ1) is 12.0. The highest BCUT2D eigenvalue weighted by Crippen LogP contribution is 2.52. The number of thioether (sulfide) groups is 2. The molecule has 1 aliphatic rings. The number of aromatic nitrogens is 2. The van der Waals surface area contributed by atoms with Gasteiger partial charge < -0.3 is 4.57 Å². The highest BCUT2D eigenvalue weighted by molar-refractivity contribution is 8.19. The van der Waals surface area contributed by atoms with E-state index < -0.39 is 0 Å². The fraction of sp³-hybridized carbons (Fsp3) is 0.500. The van der Waals surface area contributed by atoms with Crippen LogP contribution in [0.25, 0.3) is 0 Å². The van der Waals surface area contributed by atoms with Crippen LogP contribution in [-0.4, -0.2) is 24.6 Å². The Bertz CT molecular complexity index is 685. The number of aryl methyl sites for hydroxylation is 1. The number of halogens is 3. The Hall–Kier alpha value is -0.0000000000000000555. The molecule has 0 amide bonds. The Morgan fingerprint density at radius 1 is 1.28 bits per heavy atom. The van der Waals surface area contributed by atoms with Gasteiger partial charge in [-0.3, -0.25) is 0 Å². The number of imidazole rings is 1. The molecule has 25 heavy (non-hydrogen) atoms. The van der Waals surface area contributed by atoms with E-state index in [2.05, 4.69) is 28.2 Å². The highest BCUT2D eigenvalue weighted by atomic mass is 35.5. The van der Waals surface area contributed by atoms with E-state index in [-0.39, 0.29) is 4.08 Å². The zero-order valence-electron chi connectivity index (χ0n) is 14.1. The van der Waals surface area contributed by atoms with E-state index in [0.29, 0.717) is 20.3 Å². The van der Waals surface area contributed by atoms with Gasteiger partial charge >= 0.3 is 0 Å².